The van der Waals surface area contributed by atoms with Crippen LogP contribution in [-0.4, -0.2) is 28.6 Å². The molecule has 0 atom stereocenters. The van der Waals surface area contributed by atoms with Gasteiger partial charge in [-0.1, -0.05) is 12.1 Å². The van der Waals surface area contributed by atoms with Gasteiger partial charge >= 0.3 is 0 Å². The van der Waals surface area contributed by atoms with Gasteiger partial charge in [-0.05, 0) is 12.1 Å². The van der Waals surface area contributed by atoms with E-state index >= 15 is 0 Å². The number of halogens is 1. The van der Waals surface area contributed by atoms with E-state index in [4.69, 9.17) is 9.47 Å². The Morgan fingerprint density at radius 1 is 1.10 bits per heavy atom. The van der Waals surface area contributed by atoms with Crippen LogP contribution >= 0.6 is 0 Å². The van der Waals surface area contributed by atoms with Crippen LogP contribution in [0.3, 0.4) is 0 Å². The molecule has 0 aliphatic carbocycles. The van der Waals surface area contributed by atoms with Gasteiger partial charge in [0.1, 0.15) is 5.82 Å². The fourth-order valence-corrected chi connectivity index (χ4v) is 1.97. The molecule has 0 bridgehead atoms. The fourth-order valence-electron chi connectivity index (χ4n) is 1.97. The molecule has 102 valence electrons. The van der Waals surface area contributed by atoms with Gasteiger partial charge in [0, 0.05) is 11.8 Å². The van der Waals surface area contributed by atoms with Gasteiger partial charge in [0.05, 0.1) is 26.0 Å². The zero-order valence-electron chi connectivity index (χ0n) is 11.0. The van der Waals surface area contributed by atoms with Crippen LogP contribution < -0.4 is 9.47 Å². The van der Waals surface area contributed by atoms with Crippen LogP contribution in [-0.2, 0) is 0 Å². The highest BCUT2D eigenvalue weighted by Crippen LogP contribution is 2.24. The molecule has 0 saturated heterocycles. The van der Waals surface area contributed by atoms with Crippen LogP contribution in [0.1, 0.15) is 0 Å². The molecule has 0 fully saturated rings. The highest BCUT2D eigenvalue weighted by atomic mass is 19.1. The largest absolute Gasteiger partial charge is 0.482 e. The minimum absolute atomic E-state index is 0.308. The summed E-state index contributed by atoms with van der Waals surface area (Å²) in [5.41, 5.74) is 1.29. The number of fused-ring (bicyclic) bond motifs is 1. The van der Waals surface area contributed by atoms with Crippen LogP contribution in [0.25, 0.3) is 17.0 Å². The standard InChI is InChI=1S/C14H12FN3O2/c1-19-12-7-13(20-2)18-8-11(16-14(18)17-12)9-4-3-5-10(15)6-9/h3-8H,1-2H3. The van der Waals surface area contributed by atoms with Crippen molar-refractivity contribution in [2.24, 2.45) is 0 Å². The molecule has 2 heterocycles. The van der Waals surface area contributed by atoms with Crippen molar-refractivity contribution >= 4 is 5.78 Å². The molecule has 2 aromatic heterocycles. The van der Waals surface area contributed by atoms with E-state index in [9.17, 15) is 4.39 Å². The molecule has 0 aliphatic heterocycles. The smallest absolute Gasteiger partial charge is 0.240 e. The summed E-state index contributed by atoms with van der Waals surface area (Å²) in [6.45, 7) is 0. The molecule has 0 unspecified atom stereocenters. The number of benzene rings is 1. The predicted octanol–water partition coefficient (Wildman–Crippen LogP) is 2.55. The second-order valence-electron chi connectivity index (χ2n) is 4.15. The lowest BCUT2D eigenvalue weighted by Gasteiger charge is -2.04. The number of imidazole rings is 1. The summed E-state index contributed by atoms with van der Waals surface area (Å²) in [4.78, 5) is 8.59. The maximum absolute atomic E-state index is 13.3. The Kier molecular flexibility index (Phi) is 2.98. The molecule has 6 heteroatoms. The number of methoxy groups -OCH3 is 2. The number of rotatable bonds is 3. The summed E-state index contributed by atoms with van der Waals surface area (Å²) < 4.78 is 25.3. The first-order chi connectivity index (χ1) is 9.71. The van der Waals surface area contributed by atoms with Crippen molar-refractivity contribution in [3.63, 3.8) is 0 Å². The van der Waals surface area contributed by atoms with Crippen molar-refractivity contribution in [2.75, 3.05) is 14.2 Å². The molecular weight excluding hydrogens is 261 g/mol. The van der Waals surface area contributed by atoms with Crippen LogP contribution in [0.2, 0.25) is 0 Å². The zero-order chi connectivity index (χ0) is 14.1. The summed E-state index contributed by atoms with van der Waals surface area (Å²) in [7, 11) is 3.07. The van der Waals surface area contributed by atoms with E-state index in [2.05, 4.69) is 9.97 Å². The molecule has 0 spiro atoms. The third kappa shape index (κ3) is 2.05. The molecule has 0 saturated carbocycles. The molecular formula is C14H12FN3O2. The quantitative estimate of drug-likeness (QED) is 0.736. The van der Waals surface area contributed by atoms with Gasteiger partial charge in [-0.2, -0.15) is 4.98 Å². The van der Waals surface area contributed by atoms with Gasteiger partial charge < -0.3 is 9.47 Å². The van der Waals surface area contributed by atoms with E-state index in [-0.39, 0.29) is 5.82 Å². The molecule has 0 N–H and O–H groups in total. The maximum atomic E-state index is 13.3. The Morgan fingerprint density at radius 2 is 1.95 bits per heavy atom. The van der Waals surface area contributed by atoms with Crippen LogP contribution in [0.4, 0.5) is 4.39 Å². The van der Waals surface area contributed by atoms with E-state index in [0.717, 1.165) is 0 Å². The van der Waals surface area contributed by atoms with Crippen molar-refractivity contribution in [1.82, 2.24) is 14.4 Å². The third-order valence-corrected chi connectivity index (χ3v) is 2.92. The molecule has 0 aliphatic rings. The first kappa shape index (κ1) is 12.4. The first-order valence-electron chi connectivity index (χ1n) is 5.95. The summed E-state index contributed by atoms with van der Waals surface area (Å²) in [6, 6.07) is 7.89. The molecule has 0 amide bonds. The zero-order valence-corrected chi connectivity index (χ0v) is 11.0. The normalized spacial score (nSPS) is 10.8. The van der Waals surface area contributed by atoms with Crippen molar-refractivity contribution < 1.29 is 13.9 Å². The minimum atomic E-state index is -0.308. The number of hydrogen-bond donors (Lipinski definition) is 0. The van der Waals surface area contributed by atoms with E-state index < -0.39 is 0 Å². The van der Waals surface area contributed by atoms with E-state index in [1.54, 1.807) is 35.9 Å². The third-order valence-electron chi connectivity index (χ3n) is 2.92. The molecule has 1 aromatic carbocycles. The minimum Gasteiger partial charge on any atom is -0.482 e. The average Bonchev–Trinajstić information content (AvgIpc) is 2.90. The Labute approximate surface area is 114 Å². The van der Waals surface area contributed by atoms with Gasteiger partial charge in [-0.15, -0.1) is 0 Å². The number of nitrogens with zero attached hydrogens (tertiary/aromatic N) is 3. The fraction of sp³-hybridized carbons (Fsp3) is 0.143. The first-order valence-corrected chi connectivity index (χ1v) is 5.95. The average molecular weight is 273 g/mol. The van der Waals surface area contributed by atoms with Gasteiger partial charge in [0.25, 0.3) is 0 Å². The van der Waals surface area contributed by atoms with Crippen molar-refractivity contribution in [3.8, 4) is 23.0 Å². The van der Waals surface area contributed by atoms with Crippen molar-refractivity contribution in [3.05, 3.63) is 42.3 Å². The molecule has 20 heavy (non-hydrogen) atoms. The van der Waals surface area contributed by atoms with Crippen LogP contribution in [0.5, 0.6) is 11.8 Å². The predicted molar refractivity (Wildman–Crippen MR) is 71.5 cm³/mol. The Hall–Kier alpha value is -2.63. The van der Waals surface area contributed by atoms with Crippen molar-refractivity contribution in [2.45, 2.75) is 0 Å². The van der Waals surface area contributed by atoms with Crippen LogP contribution in [0.15, 0.2) is 36.5 Å². The topological polar surface area (TPSA) is 48.7 Å². The van der Waals surface area contributed by atoms with E-state index in [1.165, 1.54) is 19.2 Å². The maximum Gasteiger partial charge on any atom is 0.240 e. The second kappa shape index (κ2) is 4.80. The van der Waals surface area contributed by atoms with Crippen LogP contribution in [0, 0.1) is 5.82 Å². The highest BCUT2D eigenvalue weighted by molar-refractivity contribution is 5.62. The van der Waals surface area contributed by atoms with Crippen molar-refractivity contribution in [1.29, 1.82) is 0 Å². The Bertz CT molecular complexity index is 770. The molecule has 5 nitrogen and oxygen atoms in total. The second-order valence-corrected chi connectivity index (χ2v) is 4.15. The Balaban J connectivity index is 2.19. The molecule has 3 aromatic rings. The monoisotopic (exact) mass is 273 g/mol. The summed E-state index contributed by atoms with van der Waals surface area (Å²) in [5.74, 6) is 1.07. The number of hydrogen-bond acceptors (Lipinski definition) is 4. The van der Waals surface area contributed by atoms with Gasteiger partial charge in [-0.25, -0.2) is 9.37 Å². The van der Waals surface area contributed by atoms with Gasteiger partial charge in [0.2, 0.25) is 17.5 Å². The summed E-state index contributed by atoms with van der Waals surface area (Å²) in [6.07, 6.45) is 1.75. The SMILES string of the molecule is COc1cc(OC)n2cc(-c3cccc(F)c3)nc2n1. The molecule has 3 rings (SSSR count). The highest BCUT2D eigenvalue weighted by Gasteiger charge is 2.11. The Morgan fingerprint density at radius 3 is 2.65 bits per heavy atom. The number of ether oxygens (including phenoxy) is 2. The summed E-state index contributed by atoms with van der Waals surface area (Å²) in [5, 5.41) is 0. The van der Waals surface area contributed by atoms with E-state index in [1.807, 2.05) is 0 Å². The lowest BCUT2D eigenvalue weighted by atomic mass is 10.2. The van der Waals surface area contributed by atoms with Gasteiger partial charge in [0.15, 0.2) is 0 Å². The number of aromatic nitrogens is 3. The lowest BCUT2D eigenvalue weighted by molar-refractivity contribution is 0.369. The van der Waals surface area contributed by atoms with E-state index in [0.29, 0.717) is 28.8 Å². The lowest BCUT2D eigenvalue weighted by Crippen LogP contribution is -1.97. The summed E-state index contributed by atoms with van der Waals surface area (Å²) >= 11 is 0. The molecule has 0 radical (unpaired) electrons. The van der Waals surface area contributed by atoms with Gasteiger partial charge in [-0.3, -0.25) is 4.40 Å².